The first-order valence-corrected chi connectivity index (χ1v) is 9.53. The summed E-state index contributed by atoms with van der Waals surface area (Å²) in [6.45, 7) is 10.7. The predicted octanol–water partition coefficient (Wildman–Crippen LogP) is 1.63. The van der Waals surface area contributed by atoms with Gasteiger partial charge in [0.05, 0.1) is 13.1 Å². The Morgan fingerprint density at radius 1 is 1.15 bits per heavy atom. The molecule has 1 N–H and O–H groups in total. The van der Waals surface area contributed by atoms with Gasteiger partial charge < -0.3 is 24.8 Å². The topological polar surface area (TPSA) is 48.0 Å². The van der Waals surface area contributed by atoms with Crippen LogP contribution < -0.4 is 10.1 Å². The highest BCUT2D eigenvalue weighted by Gasteiger charge is 2.32. The monoisotopic (exact) mass is 364 g/mol. The molecule has 2 aliphatic heterocycles. The first kappa shape index (κ1) is 18.9. The number of likely N-dealkylation sites (N-methyl/N-ethyl adjacent to an activating group) is 1. The summed E-state index contributed by atoms with van der Waals surface area (Å²) in [7, 11) is 0. The van der Waals surface area contributed by atoms with Gasteiger partial charge >= 0.3 is 6.03 Å². The molecule has 0 radical (unpaired) electrons. The molecule has 2 fully saturated rings. The van der Waals surface area contributed by atoms with Crippen molar-refractivity contribution in [2.45, 2.75) is 19.4 Å². The van der Waals surface area contributed by atoms with Crippen LogP contribution >= 0.6 is 0 Å². The number of nitrogens with one attached hydrogen (secondary N) is 1. The van der Waals surface area contributed by atoms with Gasteiger partial charge in [-0.1, -0.05) is 6.92 Å². The summed E-state index contributed by atoms with van der Waals surface area (Å²) in [4.78, 5) is 18.8. The summed E-state index contributed by atoms with van der Waals surface area (Å²) < 4.78 is 18.6. The van der Waals surface area contributed by atoms with Crippen molar-refractivity contribution in [1.82, 2.24) is 20.0 Å². The zero-order chi connectivity index (χ0) is 18.4. The molecule has 0 saturated carbocycles. The number of carbonyl (C=O) groups is 1. The van der Waals surface area contributed by atoms with E-state index in [1.165, 1.54) is 12.1 Å². The minimum absolute atomic E-state index is 0.0129. The standard InChI is InChI=1S/C19H29FN4O2/c1-2-22-10-12-23(13-11-22)9-3-8-21-19(25)24-14-18(15-24)26-17-6-4-16(20)5-7-17/h4-7,18H,2-3,8-15H2,1H3,(H,21,25). The first-order chi connectivity index (χ1) is 12.6. The van der Waals surface area contributed by atoms with Crippen molar-refractivity contribution in [3.05, 3.63) is 30.1 Å². The molecule has 0 bridgehead atoms. The number of urea groups is 1. The number of likely N-dealkylation sites (tertiary alicyclic amines) is 1. The third kappa shape index (κ3) is 5.32. The molecule has 0 atom stereocenters. The van der Waals surface area contributed by atoms with E-state index in [1.54, 1.807) is 17.0 Å². The third-order valence-corrected chi connectivity index (χ3v) is 5.09. The van der Waals surface area contributed by atoms with E-state index in [9.17, 15) is 9.18 Å². The summed E-state index contributed by atoms with van der Waals surface area (Å²) in [5.74, 6) is 0.360. The summed E-state index contributed by atoms with van der Waals surface area (Å²) >= 11 is 0. The van der Waals surface area contributed by atoms with Crippen LogP contribution in [0.5, 0.6) is 5.75 Å². The molecule has 3 rings (SSSR count). The summed E-state index contributed by atoms with van der Waals surface area (Å²) in [6.07, 6.45) is 0.961. The molecule has 1 aromatic carbocycles. The fraction of sp³-hybridized carbons (Fsp3) is 0.632. The Bertz CT molecular complexity index is 569. The largest absolute Gasteiger partial charge is 0.487 e. The molecule has 0 aromatic heterocycles. The maximum Gasteiger partial charge on any atom is 0.317 e. The average Bonchev–Trinajstić information content (AvgIpc) is 2.63. The van der Waals surface area contributed by atoms with E-state index in [-0.39, 0.29) is 18.0 Å². The van der Waals surface area contributed by atoms with Crippen LogP contribution in [-0.2, 0) is 0 Å². The molecule has 2 aliphatic rings. The Kier molecular flexibility index (Phi) is 6.68. The molecular formula is C19H29FN4O2. The lowest BCUT2D eigenvalue weighted by molar-refractivity contribution is 0.0443. The number of benzene rings is 1. The molecule has 2 saturated heterocycles. The minimum atomic E-state index is -0.279. The van der Waals surface area contributed by atoms with Crippen molar-refractivity contribution >= 4 is 6.03 Å². The highest BCUT2D eigenvalue weighted by Crippen LogP contribution is 2.18. The quantitative estimate of drug-likeness (QED) is 0.747. The van der Waals surface area contributed by atoms with Gasteiger partial charge in [-0.25, -0.2) is 9.18 Å². The Morgan fingerprint density at radius 3 is 2.46 bits per heavy atom. The molecule has 2 heterocycles. The molecule has 0 spiro atoms. The van der Waals surface area contributed by atoms with Gasteiger partial charge in [0.2, 0.25) is 0 Å². The minimum Gasteiger partial charge on any atom is -0.487 e. The van der Waals surface area contributed by atoms with Crippen LogP contribution in [0.3, 0.4) is 0 Å². The number of halogens is 1. The lowest BCUT2D eigenvalue weighted by Gasteiger charge is -2.39. The smallest absolute Gasteiger partial charge is 0.317 e. The van der Waals surface area contributed by atoms with Gasteiger partial charge in [0.15, 0.2) is 0 Å². The summed E-state index contributed by atoms with van der Waals surface area (Å²) in [5.41, 5.74) is 0. The lowest BCUT2D eigenvalue weighted by Crippen LogP contribution is -2.59. The normalized spacial score (nSPS) is 19.2. The van der Waals surface area contributed by atoms with Crippen molar-refractivity contribution in [3.63, 3.8) is 0 Å². The number of hydrogen-bond acceptors (Lipinski definition) is 4. The van der Waals surface area contributed by atoms with E-state index in [1.807, 2.05) is 0 Å². The van der Waals surface area contributed by atoms with Gasteiger partial charge in [0.25, 0.3) is 0 Å². The third-order valence-electron chi connectivity index (χ3n) is 5.09. The van der Waals surface area contributed by atoms with Crippen LogP contribution in [0, 0.1) is 5.82 Å². The van der Waals surface area contributed by atoms with Gasteiger partial charge in [0, 0.05) is 32.7 Å². The molecule has 0 unspecified atom stereocenters. The Hall–Kier alpha value is -1.86. The van der Waals surface area contributed by atoms with Crippen LogP contribution in [0.1, 0.15) is 13.3 Å². The number of rotatable bonds is 7. The van der Waals surface area contributed by atoms with E-state index in [0.29, 0.717) is 25.4 Å². The van der Waals surface area contributed by atoms with E-state index in [4.69, 9.17) is 4.74 Å². The van der Waals surface area contributed by atoms with Gasteiger partial charge in [-0.15, -0.1) is 0 Å². The molecule has 0 aliphatic carbocycles. The number of piperazine rings is 1. The van der Waals surface area contributed by atoms with Crippen molar-refractivity contribution in [1.29, 1.82) is 0 Å². The molecule has 2 amide bonds. The first-order valence-electron chi connectivity index (χ1n) is 9.53. The Balaban J connectivity index is 1.24. The molecule has 1 aromatic rings. The zero-order valence-electron chi connectivity index (χ0n) is 15.5. The second kappa shape index (κ2) is 9.19. The van der Waals surface area contributed by atoms with Crippen molar-refractivity contribution in [2.24, 2.45) is 0 Å². The van der Waals surface area contributed by atoms with Crippen LogP contribution in [-0.4, -0.2) is 85.7 Å². The van der Waals surface area contributed by atoms with Crippen molar-refractivity contribution in [2.75, 3.05) is 58.9 Å². The number of carbonyl (C=O) groups excluding carboxylic acids is 1. The summed E-state index contributed by atoms with van der Waals surface area (Å²) in [5, 5.41) is 2.98. The molecule has 7 heteroatoms. The maximum atomic E-state index is 12.9. The van der Waals surface area contributed by atoms with Gasteiger partial charge in [-0.2, -0.15) is 0 Å². The van der Waals surface area contributed by atoms with Crippen molar-refractivity contribution < 1.29 is 13.9 Å². The fourth-order valence-corrected chi connectivity index (χ4v) is 3.32. The van der Waals surface area contributed by atoms with Gasteiger partial charge in [-0.05, 0) is 43.8 Å². The second-order valence-corrected chi connectivity index (χ2v) is 6.96. The zero-order valence-corrected chi connectivity index (χ0v) is 15.5. The highest BCUT2D eigenvalue weighted by atomic mass is 19.1. The maximum absolute atomic E-state index is 12.9. The number of hydrogen-bond donors (Lipinski definition) is 1. The number of ether oxygens (including phenoxy) is 1. The van der Waals surface area contributed by atoms with Gasteiger partial charge in [0.1, 0.15) is 17.7 Å². The fourth-order valence-electron chi connectivity index (χ4n) is 3.32. The molecule has 26 heavy (non-hydrogen) atoms. The predicted molar refractivity (Wildman–Crippen MR) is 99.0 cm³/mol. The van der Waals surface area contributed by atoms with Crippen LogP contribution in [0.4, 0.5) is 9.18 Å². The Labute approximate surface area is 154 Å². The number of nitrogens with zero attached hydrogens (tertiary/aromatic N) is 3. The highest BCUT2D eigenvalue weighted by molar-refractivity contribution is 5.75. The Morgan fingerprint density at radius 2 is 1.81 bits per heavy atom. The van der Waals surface area contributed by atoms with E-state index in [2.05, 4.69) is 22.0 Å². The van der Waals surface area contributed by atoms with Gasteiger partial charge in [-0.3, -0.25) is 0 Å². The SMILES string of the molecule is CCN1CCN(CCCNC(=O)N2CC(Oc3ccc(F)cc3)C2)CC1. The van der Waals surface area contributed by atoms with Crippen LogP contribution in [0.15, 0.2) is 24.3 Å². The van der Waals surface area contributed by atoms with E-state index >= 15 is 0 Å². The summed E-state index contributed by atoms with van der Waals surface area (Å²) in [6, 6.07) is 5.94. The molecule has 6 nitrogen and oxygen atoms in total. The van der Waals surface area contributed by atoms with E-state index < -0.39 is 0 Å². The number of amides is 2. The second-order valence-electron chi connectivity index (χ2n) is 6.96. The van der Waals surface area contributed by atoms with E-state index in [0.717, 1.165) is 45.7 Å². The molecular weight excluding hydrogens is 335 g/mol. The lowest BCUT2D eigenvalue weighted by atomic mass is 10.2. The van der Waals surface area contributed by atoms with Crippen LogP contribution in [0.2, 0.25) is 0 Å². The molecule has 144 valence electrons. The van der Waals surface area contributed by atoms with Crippen LogP contribution in [0.25, 0.3) is 0 Å². The average molecular weight is 364 g/mol. The van der Waals surface area contributed by atoms with Crippen molar-refractivity contribution in [3.8, 4) is 5.75 Å².